The van der Waals surface area contributed by atoms with Gasteiger partial charge in [0, 0.05) is 11.1 Å². The van der Waals surface area contributed by atoms with Crippen molar-refractivity contribution in [3.63, 3.8) is 0 Å². The third-order valence-electron chi connectivity index (χ3n) is 4.76. The van der Waals surface area contributed by atoms with Gasteiger partial charge in [-0.15, -0.1) is 0 Å². The fraction of sp³-hybridized carbons (Fsp3) is 0.130. The lowest BCUT2D eigenvalue weighted by atomic mass is 10.2. The molecule has 1 heterocycles. The summed E-state index contributed by atoms with van der Waals surface area (Å²) < 4.78 is 77.9. The molecule has 0 atom stereocenters. The zero-order valence-corrected chi connectivity index (χ0v) is 21.7. The molecule has 3 aromatic carbocycles. The maximum absolute atomic E-state index is 12.9. The largest absolute Gasteiger partial charge is 0.462 e. The number of rotatable bonds is 7. The number of nitrogens with zero attached hydrogens (tertiary/aromatic N) is 1. The van der Waals surface area contributed by atoms with Gasteiger partial charge in [0.1, 0.15) is 10.6 Å². The van der Waals surface area contributed by atoms with Gasteiger partial charge in [-0.25, -0.2) is 18.2 Å². The number of halogens is 5. The Bertz CT molecular complexity index is 1610. The molecule has 0 aliphatic carbocycles. The fourth-order valence-corrected chi connectivity index (χ4v) is 5.86. The number of sulfonamides is 1. The molecule has 14 heteroatoms. The summed E-state index contributed by atoms with van der Waals surface area (Å²) >= 11 is 13.1. The Morgan fingerprint density at radius 3 is 2.51 bits per heavy atom. The van der Waals surface area contributed by atoms with Crippen molar-refractivity contribution in [3.8, 4) is 10.9 Å². The van der Waals surface area contributed by atoms with E-state index in [-0.39, 0.29) is 28.3 Å². The van der Waals surface area contributed by atoms with Crippen LogP contribution in [0.4, 0.5) is 18.9 Å². The lowest BCUT2D eigenvalue weighted by molar-refractivity contribution is -0.137. The van der Waals surface area contributed by atoms with E-state index in [1.54, 1.807) is 25.1 Å². The van der Waals surface area contributed by atoms with Gasteiger partial charge in [0.15, 0.2) is 0 Å². The Labute approximate surface area is 222 Å². The first-order valence-electron chi connectivity index (χ1n) is 10.3. The van der Waals surface area contributed by atoms with Gasteiger partial charge in [0.25, 0.3) is 15.2 Å². The van der Waals surface area contributed by atoms with Crippen molar-refractivity contribution >= 4 is 66.4 Å². The minimum Gasteiger partial charge on any atom is -0.462 e. The van der Waals surface area contributed by atoms with Crippen LogP contribution < -0.4 is 9.46 Å². The number of ether oxygens (including phenoxy) is 2. The average Bonchev–Trinajstić information content (AvgIpc) is 3.19. The average molecular weight is 591 g/mol. The van der Waals surface area contributed by atoms with Crippen LogP contribution in [0.15, 0.2) is 59.5 Å². The molecule has 0 spiro atoms. The number of carbonyl (C=O) groups excluding carboxylic acids is 1. The maximum Gasteiger partial charge on any atom is 0.416 e. The van der Waals surface area contributed by atoms with Crippen LogP contribution in [-0.2, 0) is 20.9 Å². The summed E-state index contributed by atoms with van der Waals surface area (Å²) in [6.45, 7) is 1.94. The van der Waals surface area contributed by atoms with Crippen LogP contribution in [0.5, 0.6) is 10.9 Å². The van der Waals surface area contributed by atoms with Gasteiger partial charge in [-0.2, -0.15) is 13.2 Å². The van der Waals surface area contributed by atoms with Crippen molar-refractivity contribution in [3.05, 3.63) is 75.8 Å². The van der Waals surface area contributed by atoms with E-state index >= 15 is 0 Å². The second kappa shape index (κ2) is 10.4. The molecule has 4 rings (SSSR count). The predicted octanol–water partition coefficient (Wildman–Crippen LogP) is 7.39. The highest BCUT2D eigenvalue weighted by Crippen LogP contribution is 2.36. The van der Waals surface area contributed by atoms with Gasteiger partial charge in [0.05, 0.1) is 38.7 Å². The molecule has 0 saturated carbocycles. The van der Waals surface area contributed by atoms with Gasteiger partial charge >= 0.3 is 12.1 Å². The van der Waals surface area contributed by atoms with Crippen molar-refractivity contribution in [1.82, 2.24) is 4.98 Å². The van der Waals surface area contributed by atoms with E-state index in [0.29, 0.717) is 27.9 Å². The van der Waals surface area contributed by atoms with E-state index in [1.807, 2.05) is 0 Å². The monoisotopic (exact) mass is 590 g/mol. The van der Waals surface area contributed by atoms with Crippen LogP contribution in [0.2, 0.25) is 10.0 Å². The van der Waals surface area contributed by atoms with Gasteiger partial charge < -0.3 is 9.47 Å². The number of aromatic nitrogens is 1. The SMILES string of the molecule is CCOC(=O)c1ccc2nc(Oc3cc(Cl)cc(NS(=O)(=O)c4ccc(C(F)(F)F)cc4Cl)c3)sc2c1. The number of nitrogens with one attached hydrogen (secondary N) is 1. The Kier molecular flexibility index (Phi) is 7.56. The van der Waals surface area contributed by atoms with Crippen molar-refractivity contribution in [2.24, 2.45) is 0 Å². The van der Waals surface area contributed by atoms with Crippen molar-refractivity contribution in [2.75, 3.05) is 11.3 Å². The standard InChI is InChI=1S/C23H15Cl2F3N2O5S2/c1-2-34-21(31)12-3-5-18-19(7-12)36-22(29-18)35-16-10-14(24)9-15(11-16)30-37(32,33)20-6-4-13(8-17(20)25)23(26,27)28/h3-11,30H,2H2,1H3. The molecule has 0 bridgehead atoms. The lowest BCUT2D eigenvalue weighted by Crippen LogP contribution is -2.14. The molecule has 194 valence electrons. The molecular weight excluding hydrogens is 576 g/mol. The van der Waals surface area contributed by atoms with Gasteiger partial charge in [-0.3, -0.25) is 4.72 Å². The molecule has 0 amide bonds. The summed E-state index contributed by atoms with van der Waals surface area (Å²) in [6, 6.07) is 10.8. The molecule has 0 aliphatic heterocycles. The summed E-state index contributed by atoms with van der Waals surface area (Å²) in [5, 5.41) is -0.296. The first-order valence-corrected chi connectivity index (χ1v) is 13.4. The predicted molar refractivity (Wildman–Crippen MR) is 134 cm³/mol. The van der Waals surface area contributed by atoms with Crippen molar-refractivity contribution in [1.29, 1.82) is 0 Å². The van der Waals surface area contributed by atoms with Crippen LogP contribution in [-0.4, -0.2) is 26.0 Å². The normalized spacial score (nSPS) is 11.9. The highest BCUT2D eigenvalue weighted by atomic mass is 35.5. The maximum atomic E-state index is 12.9. The van der Waals surface area contributed by atoms with Crippen molar-refractivity contribution < 1.29 is 35.9 Å². The summed E-state index contributed by atoms with van der Waals surface area (Å²) in [7, 11) is -4.37. The molecule has 0 saturated heterocycles. The Morgan fingerprint density at radius 2 is 1.84 bits per heavy atom. The van der Waals surface area contributed by atoms with Crippen LogP contribution in [0.25, 0.3) is 10.2 Å². The zero-order valence-electron chi connectivity index (χ0n) is 18.6. The van der Waals surface area contributed by atoms with Crippen LogP contribution in [0.1, 0.15) is 22.8 Å². The van der Waals surface area contributed by atoms with Crippen LogP contribution >= 0.6 is 34.5 Å². The van der Waals surface area contributed by atoms with Crippen LogP contribution in [0, 0.1) is 0 Å². The molecule has 4 aromatic rings. The minimum atomic E-state index is -4.68. The fourth-order valence-electron chi connectivity index (χ4n) is 3.18. The first-order chi connectivity index (χ1) is 17.4. The third-order valence-corrected chi connectivity index (χ3v) is 7.74. The Balaban J connectivity index is 1.58. The molecule has 37 heavy (non-hydrogen) atoms. The van der Waals surface area contributed by atoms with Gasteiger partial charge in [0.2, 0.25) is 0 Å². The number of benzene rings is 3. The minimum absolute atomic E-state index is 0.0239. The van der Waals surface area contributed by atoms with E-state index in [4.69, 9.17) is 32.7 Å². The Morgan fingerprint density at radius 1 is 1.08 bits per heavy atom. The molecule has 0 aliphatic rings. The molecule has 0 radical (unpaired) electrons. The van der Waals surface area contributed by atoms with E-state index in [2.05, 4.69) is 9.71 Å². The summed E-state index contributed by atoms with van der Waals surface area (Å²) in [4.78, 5) is 15.7. The molecule has 1 aromatic heterocycles. The molecule has 7 nitrogen and oxygen atoms in total. The summed E-state index contributed by atoms with van der Waals surface area (Å²) in [5.74, 6) is -0.339. The van der Waals surface area contributed by atoms with Crippen molar-refractivity contribution in [2.45, 2.75) is 18.0 Å². The molecule has 1 N–H and O–H groups in total. The quantitative estimate of drug-likeness (QED) is 0.225. The van der Waals surface area contributed by atoms with Crippen LogP contribution in [0.3, 0.4) is 0 Å². The second-order valence-electron chi connectivity index (χ2n) is 7.41. The Hall–Kier alpha value is -3.06. The topological polar surface area (TPSA) is 94.6 Å². The number of alkyl halides is 3. The smallest absolute Gasteiger partial charge is 0.416 e. The highest BCUT2D eigenvalue weighted by molar-refractivity contribution is 7.92. The highest BCUT2D eigenvalue weighted by Gasteiger charge is 2.32. The van der Waals surface area contributed by atoms with E-state index in [0.717, 1.165) is 17.4 Å². The third kappa shape index (κ3) is 6.27. The summed E-state index contributed by atoms with van der Waals surface area (Å²) in [5.41, 5.74) is -0.192. The molecule has 0 unspecified atom stereocenters. The van der Waals surface area contributed by atoms with E-state index in [9.17, 15) is 26.4 Å². The van der Waals surface area contributed by atoms with E-state index in [1.165, 1.54) is 18.2 Å². The number of carbonyl (C=O) groups is 1. The molecular formula is C23H15Cl2F3N2O5S2. The van der Waals surface area contributed by atoms with Gasteiger partial charge in [-0.1, -0.05) is 34.5 Å². The number of esters is 1. The number of anilines is 1. The number of hydrogen-bond acceptors (Lipinski definition) is 7. The lowest BCUT2D eigenvalue weighted by Gasteiger charge is -2.13. The second-order valence-corrected chi connectivity index (χ2v) is 10.9. The summed E-state index contributed by atoms with van der Waals surface area (Å²) in [6.07, 6.45) is -4.68. The number of fused-ring (bicyclic) bond motifs is 1. The number of hydrogen-bond donors (Lipinski definition) is 1. The number of thiazole rings is 1. The van der Waals surface area contributed by atoms with E-state index < -0.39 is 37.7 Å². The zero-order chi connectivity index (χ0) is 27.0. The first kappa shape index (κ1) is 27.0. The van der Waals surface area contributed by atoms with Gasteiger partial charge in [-0.05, 0) is 55.5 Å². The molecule has 0 fully saturated rings.